The lowest BCUT2D eigenvalue weighted by Gasteiger charge is -2.14. The van der Waals surface area contributed by atoms with Crippen LogP contribution in [-0.2, 0) is 10.0 Å². The van der Waals surface area contributed by atoms with Gasteiger partial charge in [-0.2, -0.15) is 0 Å². The maximum absolute atomic E-state index is 12.8. The number of hydrogen-bond donors (Lipinski definition) is 1. The predicted octanol–water partition coefficient (Wildman–Crippen LogP) is 3.81. The number of aromatic nitrogens is 2. The first kappa shape index (κ1) is 21.8. The number of rotatable bonds is 8. The van der Waals surface area contributed by atoms with E-state index in [0.717, 1.165) is 0 Å². The molecule has 2 aromatic carbocycles. The fourth-order valence-electron chi connectivity index (χ4n) is 2.86. The summed E-state index contributed by atoms with van der Waals surface area (Å²) in [6.07, 6.45) is 0.691. The summed E-state index contributed by atoms with van der Waals surface area (Å²) in [4.78, 5) is 0.186. The number of benzene rings is 2. The molecule has 9 heteroatoms. The highest BCUT2D eigenvalue weighted by atomic mass is 32.2. The normalized spacial score (nSPS) is 12.6. The predicted molar refractivity (Wildman–Crippen MR) is 113 cm³/mol. The van der Waals surface area contributed by atoms with Gasteiger partial charge in [0.1, 0.15) is 0 Å². The molecule has 160 valence electrons. The van der Waals surface area contributed by atoms with E-state index in [-0.39, 0.29) is 22.7 Å². The second-order valence-electron chi connectivity index (χ2n) is 6.89. The third-order valence-corrected chi connectivity index (χ3v) is 6.48. The van der Waals surface area contributed by atoms with Crippen LogP contribution in [0.5, 0.6) is 11.5 Å². The highest BCUT2D eigenvalue weighted by Crippen LogP contribution is 2.33. The Morgan fingerprint density at radius 1 is 1.00 bits per heavy atom. The zero-order chi connectivity index (χ0) is 21.9. The van der Waals surface area contributed by atoms with Crippen molar-refractivity contribution in [2.24, 2.45) is 0 Å². The van der Waals surface area contributed by atoms with Gasteiger partial charge in [-0.25, -0.2) is 13.1 Å². The third kappa shape index (κ3) is 4.47. The van der Waals surface area contributed by atoms with Gasteiger partial charge in [0, 0.05) is 17.2 Å². The van der Waals surface area contributed by atoms with Crippen molar-refractivity contribution >= 4 is 10.0 Å². The van der Waals surface area contributed by atoms with Crippen LogP contribution in [0.4, 0.5) is 0 Å². The molecule has 0 bridgehead atoms. The van der Waals surface area contributed by atoms with Gasteiger partial charge in [-0.15, -0.1) is 10.2 Å². The van der Waals surface area contributed by atoms with Crippen LogP contribution in [0.2, 0.25) is 0 Å². The van der Waals surface area contributed by atoms with E-state index in [1.54, 1.807) is 57.5 Å². The highest BCUT2D eigenvalue weighted by molar-refractivity contribution is 7.89. The van der Waals surface area contributed by atoms with Crippen molar-refractivity contribution in [2.45, 2.75) is 38.1 Å². The quantitative estimate of drug-likeness (QED) is 0.578. The van der Waals surface area contributed by atoms with E-state index >= 15 is 0 Å². The number of nitrogens with zero attached hydrogens (tertiary/aromatic N) is 2. The fraction of sp³-hybridized carbons (Fsp3) is 0.333. The number of ether oxygens (including phenoxy) is 2. The van der Waals surface area contributed by atoms with Crippen molar-refractivity contribution in [3.05, 3.63) is 42.0 Å². The molecule has 0 unspecified atom stereocenters. The summed E-state index contributed by atoms with van der Waals surface area (Å²) in [5.41, 5.74) is 1.81. The molecule has 0 aliphatic heterocycles. The van der Waals surface area contributed by atoms with E-state index in [1.807, 2.05) is 13.8 Å². The van der Waals surface area contributed by atoms with Gasteiger partial charge in [0.05, 0.1) is 19.1 Å². The number of nitrogens with one attached hydrogen (secondary N) is 1. The fourth-order valence-corrected chi connectivity index (χ4v) is 4.46. The lowest BCUT2D eigenvalue weighted by atomic mass is 10.1. The maximum Gasteiger partial charge on any atom is 0.248 e. The Bertz CT molecular complexity index is 1140. The molecule has 30 heavy (non-hydrogen) atoms. The summed E-state index contributed by atoms with van der Waals surface area (Å²) >= 11 is 0. The van der Waals surface area contributed by atoms with Crippen molar-refractivity contribution in [3.8, 4) is 34.4 Å². The van der Waals surface area contributed by atoms with Crippen molar-refractivity contribution < 1.29 is 22.3 Å². The molecule has 8 nitrogen and oxygen atoms in total. The summed E-state index contributed by atoms with van der Waals surface area (Å²) in [7, 11) is -0.564. The minimum Gasteiger partial charge on any atom is -0.493 e. The van der Waals surface area contributed by atoms with Crippen LogP contribution in [0.15, 0.2) is 45.7 Å². The Balaban J connectivity index is 1.96. The third-order valence-electron chi connectivity index (χ3n) is 4.75. The second kappa shape index (κ2) is 8.85. The Morgan fingerprint density at radius 3 is 2.20 bits per heavy atom. The SMILES string of the molecule is CC[C@@H](C)NS(=O)(=O)c1cc(-c2nnc(-c3ccc(OC)c(OC)c3)o2)ccc1C. The number of hydrogen-bond acceptors (Lipinski definition) is 7. The van der Waals surface area contributed by atoms with Crippen LogP contribution in [0.25, 0.3) is 22.9 Å². The minimum absolute atomic E-state index is 0.168. The average molecular weight is 432 g/mol. The van der Waals surface area contributed by atoms with E-state index in [4.69, 9.17) is 13.9 Å². The molecule has 0 amide bonds. The molecule has 0 spiro atoms. The monoisotopic (exact) mass is 431 g/mol. The highest BCUT2D eigenvalue weighted by Gasteiger charge is 2.21. The molecule has 1 N–H and O–H groups in total. The van der Waals surface area contributed by atoms with Gasteiger partial charge in [0.25, 0.3) is 0 Å². The van der Waals surface area contributed by atoms with Crippen molar-refractivity contribution in [3.63, 3.8) is 0 Å². The molecule has 3 rings (SSSR count). The van der Waals surface area contributed by atoms with E-state index < -0.39 is 10.0 Å². The van der Waals surface area contributed by atoms with Gasteiger partial charge in [-0.1, -0.05) is 13.0 Å². The molecule has 0 aliphatic carbocycles. The Labute approximate surface area is 176 Å². The molecule has 0 saturated carbocycles. The summed E-state index contributed by atoms with van der Waals surface area (Å²) < 4.78 is 44.5. The van der Waals surface area contributed by atoms with Crippen molar-refractivity contribution in [1.29, 1.82) is 0 Å². The smallest absolute Gasteiger partial charge is 0.248 e. The first-order valence-corrected chi connectivity index (χ1v) is 11.0. The zero-order valence-electron chi connectivity index (χ0n) is 17.6. The van der Waals surface area contributed by atoms with Crippen LogP contribution in [0, 0.1) is 6.92 Å². The topological polar surface area (TPSA) is 104 Å². The average Bonchev–Trinajstić information content (AvgIpc) is 3.23. The largest absolute Gasteiger partial charge is 0.493 e. The molecule has 3 aromatic rings. The number of sulfonamides is 1. The van der Waals surface area contributed by atoms with Crippen LogP contribution >= 0.6 is 0 Å². The van der Waals surface area contributed by atoms with Gasteiger partial charge >= 0.3 is 0 Å². The van der Waals surface area contributed by atoms with E-state index in [0.29, 0.717) is 34.6 Å². The van der Waals surface area contributed by atoms with E-state index in [1.165, 1.54) is 0 Å². The van der Waals surface area contributed by atoms with Crippen molar-refractivity contribution in [1.82, 2.24) is 14.9 Å². The summed E-state index contributed by atoms with van der Waals surface area (Å²) in [5, 5.41) is 8.18. The van der Waals surface area contributed by atoms with Gasteiger partial charge in [0.15, 0.2) is 11.5 Å². The van der Waals surface area contributed by atoms with Crippen LogP contribution in [-0.4, -0.2) is 38.9 Å². The molecule has 1 atom stereocenters. The molecule has 0 radical (unpaired) electrons. The first-order valence-electron chi connectivity index (χ1n) is 9.48. The molecule has 0 fully saturated rings. The van der Waals surface area contributed by atoms with Crippen LogP contribution in [0.1, 0.15) is 25.8 Å². The number of methoxy groups -OCH3 is 2. The standard InChI is InChI=1S/C21H25N3O5S/c1-6-14(3)24-30(25,26)19-12-16(8-7-13(19)2)21-23-22-20(29-21)15-9-10-17(27-4)18(11-15)28-5/h7-12,14,24H,6H2,1-5H3/t14-/m1/s1. The lowest BCUT2D eigenvalue weighted by Crippen LogP contribution is -2.32. The Morgan fingerprint density at radius 2 is 1.60 bits per heavy atom. The lowest BCUT2D eigenvalue weighted by molar-refractivity contribution is 0.355. The summed E-state index contributed by atoms with van der Waals surface area (Å²) in [6.45, 7) is 5.49. The van der Waals surface area contributed by atoms with E-state index in [2.05, 4.69) is 14.9 Å². The maximum atomic E-state index is 12.8. The first-order chi connectivity index (χ1) is 14.3. The zero-order valence-corrected chi connectivity index (χ0v) is 18.4. The molecule has 0 aliphatic rings. The minimum atomic E-state index is -3.67. The Hall–Kier alpha value is -2.91. The summed E-state index contributed by atoms with van der Waals surface area (Å²) in [6, 6.07) is 10.1. The van der Waals surface area contributed by atoms with Crippen LogP contribution < -0.4 is 14.2 Å². The molecule has 0 saturated heterocycles. The van der Waals surface area contributed by atoms with Gasteiger partial charge in [-0.3, -0.25) is 0 Å². The molecular formula is C21H25N3O5S. The molecule has 1 heterocycles. The molecule has 1 aromatic heterocycles. The van der Waals surface area contributed by atoms with Gasteiger partial charge in [0.2, 0.25) is 21.8 Å². The molecular weight excluding hydrogens is 406 g/mol. The van der Waals surface area contributed by atoms with Crippen molar-refractivity contribution in [2.75, 3.05) is 14.2 Å². The van der Waals surface area contributed by atoms with Gasteiger partial charge in [-0.05, 0) is 56.2 Å². The van der Waals surface area contributed by atoms with Crippen LogP contribution in [0.3, 0.4) is 0 Å². The second-order valence-corrected chi connectivity index (χ2v) is 8.58. The van der Waals surface area contributed by atoms with E-state index in [9.17, 15) is 8.42 Å². The Kier molecular flexibility index (Phi) is 6.42. The summed E-state index contributed by atoms with van der Waals surface area (Å²) in [5.74, 6) is 1.63. The number of aryl methyl sites for hydroxylation is 1. The van der Waals surface area contributed by atoms with Gasteiger partial charge < -0.3 is 13.9 Å².